The number of nitrogen functional groups attached to an aromatic ring is 1. The zero-order valence-corrected chi connectivity index (χ0v) is 9.47. The van der Waals surface area contributed by atoms with Crippen molar-refractivity contribution in [2.75, 3.05) is 5.73 Å². The van der Waals surface area contributed by atoms with Gasteiger partial charge >= 0.3 is 0 Å². The molecule has 4 N–H and O–H groups in total. The minimum atomic E-state index is -0.301. The SMILES string of the molecule is Nc1nc2nc[nH]c2c(=O)[nH]1.c1ccc2c(c1)C2. The summed E-state index contributed by atoms with van der Waals surface area (Å²) >= 11 is 0. The number of aromatic nitrogens is 4. The van der Waals surface area contributed by atoms with Gasteiger partial charge in [-0.15, -0.1) is 0 Å². The Hall–Kier alpha value is -2.63. The summed E-state index contributed by atoms with van der Waals surface area (Å²) in [4.78, 5) is 23.5. The van der Waals surface area contributed by atoms with E-state index in [2.05, 4.69) is 44.2 Å². The van der Waals surface area contributed by atoms with Gasteiger partial charge in [-0.3, -0.25) is 9.78 Å². The number of nitrogens with two attached hydrogens (primary N) is 1. The van der Waals surface area contributed by atoms with Crippen LogP contribution in [0.25, 0.3) is 11.2 Å². The number of nitrogens with zero attached hydrogens (tertiary/aromatic N) is 2. The zero-order chi connectivity index (χ0) is 12.5. The maximum atomic E-state index is 11.0. The molecule has 0 bridgehead atoms. The second-order valence-electron chi connectivity index (χ2n) is 4.00. The van der Waals surface area contributed by atoms with E-state index in [1.54, 1.807) is 0 Å². The van der Waals surface area contributed by atoms with Gasteiger partial charge in [0.25, 0.3) is 5.56 Å². The summed E-state index contributed by atoms with van der Waals surface area (Å²) in [5.74, 6) is 0.0783. The Labute approximate surface area is 102 Å². The lowest BCUT2D eigenvalue weighted by Gasteiger charge is -1.89. The average molecular weight is 241 g/mol. The van der Waals surface area contributed by atoms with Gasteiger partial charge in [0.05, 0.1) is 6.33 Å². The van der Waals surface area contributed by atoms with Crippen molar-refractivity contribution in [1.29, 1.82) is 0 Å². The van der Waals surface area contributed by atoms with E-state index in [0.29, 0.717) is 11.2 Å². The van der Waals surface area contributed by atoms with Crippen molar-refractivity contribution < 1.29 is 0 Å². The molecule has 3 aromatic rings. The Morgan fingerprint density at radius 3 is 2.61 bits per heavy atom. The second kappa shape index (κ2) is 3.99. The Balaban J connectivity index is 0.000000122. The Kier molecular flexibility index (Phi) is 2.33. The third-order valence-corrected chi connectivity index (χ3v) is 2.69. The number of rotatable bonds is 0. The second-order valence-corrected chi connectivity index (χ2v) is 4.00. The van der Waals surface area contributed by atoms with Gasteiger partial charge < -0.3 is 10.7 Å². The van der Waals surface area contributed by atoms with Crippen LogP contribution in [-0.2, 0) is 6.42 Å². The largest absolute Gasteiger partial charge is 0.369 e. The van der Waals surface area contributed by atoms with Crippen LogP contribution >= 0.6 is 0 Å². The molecule has 0 amide bonds. The summed E-state index contributed by atoms with van der Waals surface area (Å²) < 4.78 is 0. The number of imidazole rings is 1. The molecule has 0 unspecified atom stereocenters. The van der Waals surface area contributed by atoms with E-state index >= 15 is 0 Å². The first-order valence-corrected chi connectivity index (χ1v) is 5.49. The molecule has 90 valence electrons. The van der Waals surface area contributed by atoms with Crippen LogP contribution in [0.15, 0.2) is 35.4 Å². The molecule has 0 saturated carbocycles. The lowest BCUT2D eigenvalue weighted by atomic mass is 10.4. The molecule has 0 radical (unpaired) electrons. The summed E-state index contributed by atoms with van der Waals surface area (Å²) in [6, 6.07) is 8.53. The summed E-state index contributed by atoms with van der Waals surface area (Å²) in [5.41, 5.74) is 8.71. The number of fused-ring (bicyclic) bond motifs is 2. The molecule has 0 aliphatic heterocycles. The molecule has 0 atom stereocenters. The van der Waals surface area contributed by atoms with Gasteiger partial charge in [-0.05, 0) is 17.5 Å². The monoisotopic (exact) mass is 241 g/mol. The molecule has 1 aromatic carbocycles. The van der Waals surface area contributed by atoms with E-state index in [4.69, 9.17) is 5.73 Å². The number of aromatic amines is 2. The van der Waals surface area contributed by atoms with Crippen molar-refractivity contribution in [3.8, 4) is 0 Å². The van der Waals surface area contributed by atoms with Crippen LogP contribution < -0.4 is 11.3 Å². The van der Waals surface area contributed by atoms with Crippen molar-refractivity contribution >= 4 is 17.1 Å². The standard InChI is InChI=1S/C7H6.C5H5N5O/c1-2-4-7-5-6(7)3-1;6-5-9-3-2(4(11)10-5)7-1-8-3/h1-4H,5H2;1H,(H4,6,7,8,9,10,11). The average Bonchev–Trinajstić information content (AvgIpc) is 2.99. The highest BCUT2D eigenvalue weighted by molar-refractivity contribution is 5.69. The molecule has 2 heterocycles. The minimum absolute atomic E-state index is 0.0783. The third-order valence-electron chi connectivity index (χ3n) is 2.69. The number of anilines is 1. The van der Waals surface area contributed by atoms with Gasteiger partial charge in [-0.2, -0.15) is 4.98 Å². The molecular formula is C12H11N5O. The highest BCUT2D eigenvalue weighted by atomic mass is 16.1. The fourth-order valence-corrected chi connectivity index (χ4v) is 1.70. The molecule has 1 aliphatic rings. The van der Waals surface area contributed by atoms with Crippen molar-refractivity contribution in [3.05, 3.63) is 52.1 Å². The number of H-pyrrole nitrogens is 2. The predicted molar refractivity (Wildman–Crippen MR) is 68.2 cm³/mol. The Bertz CT molecular complexity index is 737. The first kappa shape index (κ1) is 10.5. The van der Waals surface area contributed by atoms with Crippen LogP contribution in [0.2, 0.25) is 0 Å². The molecule has 0 saturated heterocycles. The highest BCUT2D eigenvalue weighted by Gasteiger charge is 2.12. The molecule has 18 heavy (non-hydrogen) atoms. The van der Waals surface area contributed by atoms with Crippen molar-refractivity contribution in [1.82, 2.24) is 19.9 Å². The number of hydrogen-bond donors (Lipinski definition) is 3. The van der Waals surface area contributed by atoms with E-state index in [0.717, 1.165) is 0 Å². The molecule has 1 aliphatic carbocycles. The van der Waals surface area contributed by atoms with Crippen LogP contribution in [-0.4, -0.2) is 19.9 Å². The maximum absolute atomic E-state index is 11.0. The minimum Gasteiger partial charge on any atom is -0.369 e. The Morgan fingerprint density at radius 1 is 1.22 bits per heavy atom. The third kappa shape index (κ3) is 1.95. The molecular weight excluding hydrogens is 230 g/mol. The number of benzene rings is 1. The van der Waals surface area contributed by atoms with Gasteiger partial charge in [0.1, 0.15) is 0 Å². The topological polar surface area (TPSA) is 100 Å². The summed E-state index contributed by atoms with van der Waals surface area (Å²) in [6.45, 7) is 0. The van der Waals surface area contributed by atoms with Crippen molar-refractivity contribution in [3.63, 3.8) is 0 Å². The normalized spacial score (nSPS) is 11.6. The fraction of sp³-hybridized carbons (Fsp3) is 0.0833. The number of hydrogen-bond acceptors (Lipinski definition) is 4. The van der Waals surface area contributed by atoms with Gasteiger partial charge in [0, 0.05) is 0 Å². The number of nitrogens with one attached hydrogen (secondary N) is 2. The summed E-state index contributed by atoms with van der Waals surface area (Å²) in [7, 11) is 0. The van der Waals surface area contributed by atoms with E-state index in [1.807, 2.05) is 0 Å². The van der Waals surface area contributed by atoms with Crippen LogP contribution in [0.3, 0.4) is 0 Å². The van der Waals surface area contributed by atoms with E-state index < -0.39 is 0 Å². The summed E-state index contributed by atoms with van der Waals surface area (Å²) in [5, 5.41) is 0. The zero-order valence-electron chi connectivity index (χ0n) is 9.47. The predicted octanol–water partition coefficient (Wildman–Crippen LogP) is 0.819. The van der Waals surface area contributed by atoms with Crippen LogP contribution in [0.5, 0.6) is 0 Å². The highest BCUT2D eigenvalue weighted by Crippen LogP contribution is 2.25. The molecule has 6 nitrogen and oxygen atoms in total. The quantitative estimate of drug-likeness (QED) is 0.424. The Morgan fingerprint density at radius 2 is 1.94 bits per heavy atom. The van der Waals surface area contributed by atoms with Crippen molar-refractivity contribution in [2.24, 2.45) is 0 Å². The first-order chi connectivity index (χ1) is 8.74. The van der Waals surface area contributed by atoms with Crippen LogP contribution in [0, 0.1) is 0 Å². The lowest BCUT2D eigenvalue weighted by Crippen LogP contribution is -2.10. The van der Waals surface area contributed by atoms with Gasteiger partial charge in [-0.25, -0.2) is 4.98 Å². The van der Waals surface area contributed by atoms with Gasteiger partial charge in [-0.1, -0.05) is 24.3 Å². The fourth-order valence-electron chi connectivity index (χ4n) is 1.70. The maximum Gasteiger partial charge on any atom is 0.278 e. The van der Waals surface area contributed by atoms with E-state index in [1.165, 1.54) is 23.9 Å². The summed E-state index contributed by atoms with van der Waals surface area (Å²) in [6.07, 6.45) is 2.64. The molecule has 0 fully saturated rings. The van der Waals surface area contributed by atoms with Gasteiger partial charge in [0.15, 0.2) is 11.2 Å². The molecule has 2 aromatic heterocycles. The first-order valence-electron chi connectivity index (χ1n) is 5.49. The molecule has 0 spiro atoms. The molecule has 4 rings (SSSR count). The van der Waals surface area contributed by atoms with Crippen molar-refractivity contribution in [2.45, 2.75) is 6.42 Å². The van der Waals surface area contributed by atoms with E-state index in [9.17, 15) is 4.79 Å². The van der Waals surface area contributed by atoms with Crippen LogP contribution in [0.4, 0.5) is 5.95 Å². The molecule has 6 heteroatoms. The van der Waals surface area contributed by atoms with Gasteiger partial charge in [0.2, 0.25) is 5.95 Å². The lowest BCUT2D eigenvalue weighted by molar-refractivity contribution is 1.17. The van der Waals surface area contributed by atoms with Crippen LogP contribution in [0.1, 0.15) is 11.1 Å². The van der Waals surface area contributed by atoms with E-state index in [-0.39, 0.29) is 11.5 Å². The smallest absolute Gasteiger partial charge is 0.278 e.